The van der Waals surface area contributed by atoms with Gasteiger partial charge in [-0.2, -0.15) is 0 Å². The van der Waals surface area contributed by atoms with Gasteiger partial charge in [-0.1, -0.05) is 33.1 Å². The van der Waals surface area contributed by atoms with Crippen LogP contribution in [0.1, 0.15) is 58.8 Å². The van der Waals surface area contributed by atoms with Crippen LogP contribution in [0.2, 0.25) is 0 Å². The first-order chi connectivity index (χ1) is 9.19. The molecule has 3 atom stereocenters. The maximum absolute atomic E-state index is 11.1. The van der Waals surface area contributed by atoms with E-state index in [-0.39, 0.29) is 0 Å². The molecule has 0 amide bonds. The highest BCUT2D eigenvalue weighted by Crippen LogP contribution is 2.29. The molecule has 1 aliphatic carbocycles. The summed E-state index contributed by atoms with van der Waals surface area (Å²) in [7, 11) is 0. The highest BCUT2D eigenvalue weighted by atomic mass is 16.5. The minimum absolute atomic E-state index is 0.347. The number of rotatable bonds is 9. The normalized spacial score (nSPS) is 25.2. The molecule has 0 radical (unpaired) electrons. The zero-order valence-electron chi connectivity index (χ0n) is 12.4. The molecule has 1 saturated carbocycles. The van der Waals surface area contributed by atoms with Crippen LogP contribution in [0, 0.1) is 5.92 Å². The van der Waals surface area contributed by atoms with Crippen LogP contribution >= 0.6 is 0 Å². The number of aliphatic carboxylic acids is 1. The average Bonchev–Trinajstić information content (AvgIpc) is 2.42. The Labute approximate surface area is 116 Å². The summed E-state index contributed by atoms with van der Waals surface area (Å²) < 4.78 is 5.94. The first kappa shape index (κ1) is 16.4. The zero-order chi connectivity index (χ0) is 14.1. The molecule has 2 N–H and O–H groups in total. The molecule has 0 aliphatic heterocycles. The van der Waals surface area contributed by atoms with E-state index >= 15 is 0 Å². The molecule has 0 aromatic heterocycles. The van der Waals surface area contributed by atoms with Crippen LogP contribution in [0.25, 0.3) is 0 Å². The Kier molecular flexibility index (Phi) is 8.07. The number of carboxylic acids is 1. The highest BCUT2D eigenvalue weighted by Gasteiger charge is 2.25. The van der Waals surface area contributed by atoms with E-state index in [4.69, 9.17) is 9.84 Å². The fraction of sp³-hybridized carbons (Fsp3) is 0.933. The molecule has 0 heterocycles. The molecule has 0 aromatic rings. The van der Waals surface area contributed by atoms with Crippen LogP contribution < -0.4 is 5.32 Å². The first-order valence-corrected chi connectivity index (χ1v) is 7.76. The van der Waals surface area contributed by atoms with Gasteiger partial charge in [-0.05, 0) is 38.1 Å². The third-order valence-corrected chi connectivity index (χ3v) is 4.04. The van der Waals surface area contributed by atoms with Crippen LogP contribution in [-0.4, -0.2) is 36.4 Å². The van der Waals surface area contributed by atoms with Gasteiger partial charge in [-0.3, -0.25) is 4.79 Å². The van der Waals surface area contributed by atoms with Crippen molar-refractivity contribution in [3.8, 4) is 0 Å². The van der Waals surface area contributed by atoms with Crippen molar-refractivity contribution in [2.75, 3.05) is 13.2 Å². The molecule has 0 aromatic carbocycles. The Bertz CT molecular complexity index is 258. The number of carboxylic acid groups (broad SMARTS) is 1. The van der Waals surface area contributed by atoms with E-state index in [0.29, 0.717) is 25.0 Å². The van der Waals surface area contributed by atoms with Crippen LogP contribution in [0.3, 0.4) is 0 Å². The molecular formula is C15H29NO3. The SMILES string of the molecule is CCCNC(CCOC1CCCCC1CC)C(=O)O. The predicted molar refractivity (Wildman–Crippen MR) is 76.3 cm³/mol. The van der Waals surface area contributed by atoms with Gasteiger partial charge < -0.3 is 15.2 Å². The van der Waals surface area contributed by atoms with E-state index in [1.165, 1.54) is 25.7 Å². The minimum Gasteiger partial charge on any atom is -0.480 e. The molecular weight excluding hydrogens is 242 g/mol. The molecule has 0 saturated heterocycles. The van der Waals surface area contributed by atoms with E-state index in [1.54, 1.807) is 0 Å². The van der Waals surface area contributed by atoms with Crippen LogP contribution in [0.4, 0.5) is 0 Å². The second-order valence-electron chi connectivity index (χ2n) is 5.50. The lowest BCUT2D eigenvalue weighted by Crippen LogP contribution is -2.38. The first-order valence-electron chi connectivity index (χ1n) is 7.76. The zero-order valence-corrected chi connectivity index (χ0v) is 12.4. The lowest BCUT2D eigenvalue weighted by molar-refractivity contribution is -0.140. The van der Waals surface area contributed by atoms with Crippen LogP contribution in [-0.2, 0) is 9.53 Å². The molecule has 3 unspecified atom stereocenters. The number of hydrogen-bond acceptors (Lipinski definition) is 3. The smallest absolute Gasteiger partial charge is 0.320 e. The molecule has 0 bridgehead atoms. The van der Waals surface area contributed by atoms with Gasteiger partial charge in [0.05, 0.1) is 6.10 Å². The van der Waals surface area contributed by atoms with Crippen molar-refractivity contribution in [1.82, 2.24) is 5.32 Å². The Morgan fingerprint density at radius 1 is 1.37 bits per heavy atom. The molecule has 19 heavy (non-hydrogen) atoms. The fourth-order valence-corrected chi connectivity index (χ4v) is 2.83. The van der Waals surface area contributed by atoms with Gasteiger partial charge in [0.2, 0.25) is 0 Å². The maximum Gasteiger partial charge on any atom is 0.320 e. The number of carbonyl (C=O) groups is 1. The van der Waals surface area contributed by atoms with Crippen LogP contribution in [0.15, 0.2) is 0 Å². The fourth-order valence-electron chi connectivity index (χ4n) is 2.83. The largest absolute Gasteiger partial charge is 0.480 e. The van der Waals surface area contributed by atoms with Gasteiger partial charge in [0.15, 0.2) is 0 Å². The topological polar surface area (TPSA) is 58.6 Å². The lowest BCUT2D eigenvalue weighted by Gasteiger charge is -2.31. The number of hydrogen-bond donors (Lipinski definition) is 2. The van der Waals surface area contributed by atoms with Gasteiger partial charge in [-0.25, -0.2) is 0 Å². The second kappa shape index (κ2) is 9.32. The minimum atomic E-state index is -0.771. The Hall–Kier alpha value is -0.610. The third kappa shape index (κ3) is 5.91. The summed E-state index contributed by atoms with van der Waals surface area (Å²) in [6, 6.07) is -0.469. The van der Waals surface area contributed by atoms with Crippen molar-refractivity contribution in [2.24, 2.45) is 5.92 Å². The second-order valence-corrected chi connectivity index (χ2v) is 5.50. The Morgan fingerprint density at radius 3 is 2.74 bits per heavy atom. The molecule has 1 aliphatic rings. The summed E-state index contributed by atoms with van der Waals surface area (Å²) in [6.45, 7) is 5.55. The van der Waals surface area contributed by atoms with Crippen molar-refractivity contribution in [1.29, 1.82) is 0 Å². The summed E-state index contributed by atoms with van der Waals surface area (Å²) in [5, 5.41) is 12.2. The summed E-state index contributed by atoms with van der Waals surface area (Å²) in [5.41, 5.74) is 0. The van der Waals surface area contributed by atoms with Crippen molar-refractivity contribution in [3.05, 3.63) is 0 Å². The molecule has 1 rings (SSSR count). The number of nitrogens with one attached hydrogen (secondary N) is 1. The van der Waals surface area contributed by atoms with Crippen molar-refractivity contribution < 1.29 is 14.6 Å². The third-order valence-electron chi connectivity index (χ3n) is 4.04. The summed E-state index contributed by atoms with van der Waals surface area (Å²) in [6.07, 6.45) is 7.98. The van der Waals surface area contributed by atoms with Crippen molar-refractivity contribution in [3.63, 3.8) is 0 Å². The summed E-state index contributed by atoms with van der Waals surface area (Å²) >= 11 is 0. The van der Waals surface area contributed by atoms with Crippen molar-refractivity contribution >= 4 is 5.97 Å². The molecule has 4 nitrogen and oxygen atoms in total. The number of ether oxygens (including phenoxy) is 1. The van der Waals surface area contributed by atoms with Gasteiger partial charge in [0.25, 0.3) is 0 Å². The van der Waals surface area contributed by atoms with E-state index in [1.807, 2.05) is 6.92 Å². The van der Waals surface area contributed by atoms with Crippen molar-refractivity contribution in [2.45, 2.75) is 70.9 Å². The molecule has 4 heteroatoms. The van der Waals surface area contributed by atoms with E-state index in [9.17, 15) is 4.79 Å². The molecule has 0 spiro atoms. The monoisotopic (exact) mass is 271 g/mol. The van der Waals surface area contributed by atoms with E-state index in [0.717, 1.165) is 19.4 Å². The predicted octanol–water partition coefficient (Wildman–Crippen LogP) is 2.81. The Balaban J connectivity index is 2.27. The Morgan fingerprint density at radius 2 is 2.11 bits per heavy atom. The van der Waals surface area contributed by atoms with Gasteiger partial charge in [0, 0.05) is 6.61 Å². The molecule has 112 valence electrons. The quantitative estimate of drug-likeness (QED) is 0.677. The van der Waals surface area contributed by atoms with Gasteiger partial charge in [-0.15, -0.1) is 0 Å². The summed E-state index contributed by atoms with van der Waals surface area (Å²) in [5.74, 6) is -0.103. The highest BCUT2D eigenvalue weighted by molar-refractivity contribution is 5.73. The summed E-state index contributed by atoms with van der Waals surface area (Å²) in [4.78, 5) is 11.1. The van der Waals surface area contributed by atoms with E-state index < -0.39 is 12.0 Å². The van der Waals surface area contributed by atoms with Crippen LogP contribution in [0.5, 0.6) is 0 Å². The maximum atomic E-state index is 11.1. The van der Waals surface area contributed by atoms with E-state index in [2.05, 4.69) is 12.2 Å². The standard InChI is InChI=1S/C15H29NO3/c1-3-10-16-13(15(17)18)9-11-19-14-8-6-5-7-12(14)4-2/h12-14,16H,3-11H2,1-2H3,(H,17,18). The average molecular weight is 271 g/mol. The lowest BCUT2D eigenvalue weighted by atomic mass is 9.85. The van der Waals surface area contributed by atoms with Gasteiger partial charge >= 0.3 is 5.97 Å². The molecule has 1 fully saturated rings. The van der Waals surface area contributed by atoms with Gasteiger partial charge in [0.1, 0.15) is 6.04 Å².